The van der Waals surface area contributed by atoms with Crippen molar-refractivity contribution in [3.8, 4) is 0 Å². The van der Waals surface area contributed by atoms with Crippen LogP contribution in [0.15, 0.2) is 10.1 Å². The van der Waals surface area contributed by atoms with E-state index in [2.05, 4.69) is 73.2 Å². The number of nitrogens with one attached hydrogen (secondary N) is 2. The van der Waals surface area contributed by atoms with E-state index in [1.165, 1.54) is 0 Å². The van der Waals surface area contributed by atoms with Crippen molar-refractivity contribution in [2.24, 2.45) is 16.3 Å². The Morgan fingerprint density at radius 1 is 1.24 bits per heavy atom. The monoisotopic (exact) mass is 540 g/mol. The zero-order chi connectivity index (χ0) is 21.2. The van der Waals surface area contributed by atoms with E-state index in [1.807, 2.05) is 0 Å². The van der Waals surface area contributed by atoms with Gasteiger partial charge in [-0.25, -0.2) is 0 Å². The normalized spacial score (nSPS) is 13.3. The third kappa shape index (κ3) is 10.3. The zero-order valence-corrected chi connectivity index (χ0v) is 22.6. The van der Waals surface area contributed by atoms with Gasteiger partial charge in [-0.1, -0.05) is 46.4 Å². The van der Waals surface area contributed by atoms with Gasteiger partial charge in [-0.15, -0.1) is 34.2 Å². The first-order valence-electron chi connectivity index (χ1n) is 10.2. The SMILES string of the molecule is CCNC(=NCC(OC)C(C)(C)C)NCCCc1nnc(SC)n1CC(C)C.I. The minimum absolute atomic E-state index is 0. The summed E-state index contributed by atoms with van der Waals surface area (Å²) in [5.74, 6) is 2.47. The lowest BCUT2D eigenvalue weighted by atomic mass is 9.89. The molecule has 1 rings (SSSR count). The molecule has 1 atom stereocenters. The maximum Gasteiger partial charge on any atom is 0.191 e. The molecule has 1 aromatic rings. The number of ether oxygens (including phenoxy) is 1. The lowest BCUT2D eigenvalue weighted by Crippen LogP contribution is -2.39. The Morgan fingerprint density at radius 2 is 1.93 bits per heavy atom. The number of nitrogens with zero attached hydrogens (tertiary/aromatic N) is 4. The van der Waals surface area contributed by atoms with E-state index in [1.54, 1.807) is 18.9 Å². The molecule has 0 fully saturated rings. The van der Waals surface area contributed by atoms with Gasteiger partial charge in [0, 0.05) is 33.2 Å². The van der Waals surface area contributed by atoms with E-state index in [-0.39, 0.29) is 35.5 Å². The van der Waals surface area contributed by atoms with Gasteiger partial charge in [0.1, 0.15) is 5.82 Å². The summed E-state index contributed by atoms with van der Waals surface area (Å²) >= 11 is 1.65. The van der Waals surface area contributed by atoms with Gasteiger partial charge in [-0.3, -0.25) is 4.99 Å². The molecule has 0 saturated carbocycles. The van der Waals surface area contributed by atoms with Crippen LogP contribution in [0, 0.1) is 11.3 Å². The molecule has 1 heterocycles. The van der Waals surface area contributed by atoms with Gasteiger partial charge in [0.05, 0.1) is 12.6 Å². The number of halogens is 1. The summed E-state index contributed by atoms with van der Waals surface area (Å²) in [5.41, 5.74) is 0.0606. The molecule has 0 aliphatic rings. The molecule has 29 heavy (non-hydrogen) atoms. The average Bonchev–Trinajstić information content (AvgIpc) is 2.98. The van der Waals surface area contributed by atoms with E-state index in [4.69, 9.17) is 9.73 Å². The predicted molar refractivity (Wildman–Crippen MR) is 135 cm³/mol. The van der Waals surface area contributed by atoms with Crippen LogP contribution in [-0.2, 0) is 17.7 Å². The quantitative estimate of drug-likeness (QED) is 0.146. The first-order chi connectivity index (χ1) is 13.2. The van der Waals surface area contributed by atoms with Gasteiger partial charge in [-0.2, -0.15) is 0 Å². The molecule has 0 radical (unpaired) electrons. The highest BCUT2D eigenvalue weighted by molar-refractivity contribution is 14.0. The van der Waals surface area contributed by atoms with E-state index in [0.717, 1.165) is 49.4 Å². The summed E-state index contributed by atoms with van der Waals surface area (Å²) in [6.45, 7) is 16.3. The van der Waals surface area contributed by atoms with E-state index >= 15 is 0 Å². The van der Waals surface area contributed by atoms with Crippen LogP contribution >= 0.6 is 35.7 Å². The highest BCUT2D eigenvalue weighted by atomic mass is 127. The molecular formula is C20H41IN6OS. The molecule has 0 aliphatic carbocycles. The molecule has 9 heteroatoms. The fourth-order valence-electron chi connectivity index (χ4n) is 2.87. The summed E-state index contributed by atoms with van der Waals surface area (Å²) in [5, 5.41) is 16.4. The highest BCUT2D eigenvalue weighted by Crippen LogP contribution is 2.21. The number of hydrogen-bond donors (Lipinski definition) is 2. The van der Waals surface area contributed by atoms with Crippen molar-refractivity contribution in [1.82, 2.24) is 25.4 Å². The summed E-state index contributed by atoms with van der Waals surface area (Å²) in [7, 11) is 1.75. The number of hydrogen-bond acceptors (Lipinski definition) is 5. The largest absolute Gasteiger partial charge is 0.379 e. The Kier molecular flexibility index (Phi) is 14.2. The lowest BCUT2D eigenvalue weighted by Gasteiger charge is -2.28. The van der Waals surface area contributed by atoms with E-state index in [0.29, 0.717) is 12.5 Å². The summed E-state index contributed by atoms with van der Waals surface area (Å²) in [6, 6.07) is 0. The third-order valence-corrected chi connectivity index (χ3v) is 5.07. The summed E-state index contributed by atoms with van der Waals surface area (Å²) in [6.07, 6.45) is 4.01. The fraction of sp³-hybridized carbons (Fsp3) is 0.850. The molecule has 0 bridgehead atoms. The highest BCUT2D eigenvalue weighted by Gasteiger charge is 2.24. The molecule has 7 nitrogen and oxygen atoms in total. The second kappa shape index (κ2) is 14.5. The average molecular weight is 541 g/mol. The Labute approximate surface area is 198 Å². The third-order valence-electron chi connectivity index (χ3n) is 4.40. The van der Waals surface area contributed by atoms with Crippen LogP contribution < -0.4 is 10.6 Å². The number of aromatic nitrogens is 3. The standard InChI is InChI=1S/C20H40N6OS.HI/c1-9-21-18(23-13-16(27-7)20(4,5)6)22-12-10-11-17-24-25-19(28-8)26(17)14-15(2)3;/h15-16H,9-14H2,1-8H3,(H2,21,22,23);1H. The Hall–Kier alpha value is -0.550. The Balaban J connectivity index is 0.00000784. The predicted octanol–water partition coefficient (Wildman–Crippen LogP) is 3.82. The van der Waals surface area contributed by atoms with Gasteiger partial charge in [-0.05, 0) is 30.9 Å². The summed E-state index contributed by atoms with van der Waals surface area (Å²) < 4.78 is 7.85. The van der Waals surface area contributed by atoms with Crippen LogP contribution in [0.2, 0.25) is 0 Å². The molecule has 1 unspecified atom stereocenters. The number of thioether (sulfide) groups is 1. The number of guanidine groups is 1. The van der Waals surface area contributed by atoms with Crippen molar-refractivity contribution in [2.75, 3.05) is 33.0 Å². The van der Waals surface area contributed by atoms with Gasteiger partial charge >= 0.3 is 0 Å². The maximum atomic E-state index is 5.60. The molecule has 0 saturated heterocycles. The topological polar surface area (TPSA) is 76.4 Å². The van der Waals surface area contributed by atoms with Crippen LogP contribution in [0.1, 0.15) is 53.8 Å². The number of aryl methyl sites for hydroxylation is 1. The molecule has 2 N–H and O–H groups in total. The second-order valence-corrected chi connectivity index (χ2v) is 9.22. The van der Waals surface area contributed by atoms with Crippen molar-refractivity contribution in [1.29, 1.82) is 0 Å². The zero-order valence-electron chi connectivity index (χ0n) is 19.4. The second-order valence-electron chi connectivity index (χ2n) is 8.45. The number of aliphatic imine (C=N–C) groups is 1. The van der Waals surface area contributed by atoms with Gasteiger partial charge in [0.2, 0.25) is 0 Å². The Morgan fingerprint density at radius 3 is 2.45 bits per heavy atom. The molecule has 0 aliphatic heterocycles. The maximum absolute atomic E-state index is 5.60. The lowest BCUT2D eigenvalue weighted by molar-refractivity contribution is 0.0241. The van der Waals surface area contributed by atoms with Gasteiger partial charge < -0.3 is 19.9 Å². The molecule has 0 spiro atoms. The van der Waals surface area contributed by atoms with Crippen LogP contribution in [0.4, 0.5) is 0 Å². The van der Waals surface area contributed by atoms with Crippen LogP contribution in [-0.4, -0.2) is 59.8 Å². The van der Waals surface area contributed by atoms with E-state index < -0.39 is 0 Å². The molecule has 170 valence electrons. The van der Waals surface area contributed by atoms with Crippen LogP contribution in [0.3, 0.4) is 0 Å². The van der Waals surface area contributed by atoms with Gasteiger partial charge in [0.15, 0.2) is 11.1 Å². The Bertz CT molecular complexity index is 600. The van der Waals surface area contributed by atoms with Crippen LogP contribution in [0.25, 0.3) is 0 Å². The first-order valence-corrected chi connectivity index (χ1v) is 11.5. The van der Waals surface area contributed by atoms with Gasteiger partial charge in [0.25, 0.3) is 0 Å². The van der Waals surface area contributed by atoms with Crippen molar-refractivity contribution in [3.05, 3.63) is 5.82 Å². The smallest absolute Gasteiger partial charge is 0.191 e. The van der Waals surface area contributed by atoms with Crippen molar-refractivity contribution < 1.29 is 4.74 Å². The number of methoxy groups -OCH3 is 1. The molecular weight excluding hydrogens is 499 g/mol. The molecule has 0 amide bonds. The molecule has 0 aromatic carbocycles. The fourth-order valence-corrected chi connectivity index (χ4v) is 3.40. The van der Waals surface area contributed by atoms with Crippen molar-refractivity contribution in [2.45, 2.75) is 72.2 Å². The minimum atomic E-state index is 0. The van der Waals surface area contributed by atoms with E-state index in [9.17, 15) is 0 Å². The van der Waals surface area contributed by atoms with Crippen LogP contribution in [0.5, 0.6) is 0 Å². The van der Waals surface area contributed by atoms with Crippen molar-refractivity contribution >= 4 is 41.7 Å². The first kappa shape index (κ1) is 28.5. The minimum Gasteiger partial charge on any atom is -0.379 e. The van der Waals surface area contributed by atoms with Crippen molar-refractivity contribution in [3.63, 3.8) is 0 Å². The summed E-state index contributed by atoms with van der Waals surface area (Å²) in [4.78, 5) is 4.70. The molecule has 1 aromatic heterocycles. The number of rotatable bonds is 11.